The summed E-state index contributed by atoms with van der Waals surface area (Å²) in [5, 5.41) is 9.34. The van der Waals surface area contributed by atoms with Gasteiger partial charge >= 0.3 is 5.97 Å². The zero-order chi connectivity index (χ0) is 27.9. The van der Waals surface area contributed by atoms with Crippen molar-refractivity contribution < 1.29 is 37.1 Å². The van der Waals surface area contributed by atoms with Crippen molar-refractivity contribution in [2.24, 2.45) is 0 Å². The van der Waals surface area contributed by atoms with Gasteiger partial charge in [-0.1, -0.05) is 43.2 Å². The predicted octanol–water partition coefficient (Wildman–Crippen LogP) is 4.64. The number of nitrogens with zero attached hydrogens (tertiary/aromatic N) is 1. The number of carbonyl (C=O) groups excluding carboxylic acids is 1. The molecule has 0 bridgehead atoms. The molecule has 39 heavy (non-hydrogen) atoms. The Hall–Kier alpha value is -3.80. The van der Waals surface area contributed by atoms with Gasteiger partial charge in [0.1, 0.15) is 22.9 Å². The van der Waals surface area contributed by atoms with Crippen LogP contribution < -0.4 is 10.2 Å². The van der Waals surface area contributed by atoms with Gasteiger partial charge in [-0.25, -0.2) is 18.3 Å². The zero-order valence-electron chi connectivity index (χ0n) is 21.1. The van der Waals surface area contributed by atoms with E-state index < -0.39 is 46.2 Å². The molecule has 1 aliphatic rings. The monoisotopic (exact) mass is 556 g/mol. The lowest BCUT2D eigenvalue weighted by Gasteiger charge is -2.38. The second kappa shape index (κ2) is 12.4. The number of carboxylic acid groups (broad SMARTS) is 1. The number of rotatable bonds is 12. The number of hydrogen-bond donors (Lipinski definition) is 2. The van der Waals surface area contributed by atoms with E-state index in [9.17, 15) is 27.5 Å². The van der Waals surface area contributed by atoms with E-state index in [0.29, 0.717) is 24.3 Å². The largest absolute Gasteiger partial charge is 0.481 e. The molecule has 0 saturated heterocycles. The predicted molar refractivity (Wildman–Crippen MR) is 140 cm³/mol. The number of sulfonamides is 1. The molecule has 3 aromatic rings. The Labute approximate surface area is 226 Å². The summed E-state index contributed by atoms with van der Waals surface area (Å²) in [5.41, 5.74) is 1.72. The average molecular weight is 557 g/mol. The summed E-state index contributed by atoms with van der Waals surface area (Å²) < 4.78 is 47.6. The first kappa shape index (κ1) is 28.2. The summed E-state index contributed by atoms with van der Waals surface area (Å²) in [7, 11) is -4.31. The van der Waals surface area contributed by atoms with Gasteiger partial charge < -0.3 is 9.84 Å². The molecule has 1 fully saturated rings. The highest BCUT2D eigenvalue weighted by atomic mass is 32.2. The first-order valence-corrected chi connectivity index (χ1v) is 13.9. The van der Waals surface area contributed by atoms with Crippen LogP contribution in [0.4, 0.5) is 4.39 Å². The number of amides is 1. The first-order chi connectivity index (χ1) is 18.7. The van der Waals surface area contributed by atoms with Crippen molar-refractivity contribution in [3.63, 3.8) is 0 Å². The fourth-order valence-electron chi connectivity index (χ4n) is 4.61. The Bertz CT molecular complexity index is 1380. The molecule has 0 unspecified atom stereocenters. The van der Waals surface area contributed by atoms with Gasteiger partial charge in [0.15, 0.2) is 0 Å². The zero-order valence-corrected chi connectivity index (χ0v) is 21.9. The molecule has 9 nitrogen and oxygen atoms in total. The number of carboxylic acids is 1. The summed E-state index contributed by atoms with van der Waals surface area (Å²) in [6, 6.07) is 20.1. The lowest BCUT2D eigenvalue weighted by atomic mass is 9.96. The molecule has 0 heterocycles. The fraction of sp³-hybridized carbons (Fsp3) is 0.286. The van der Waals surface area contributed by atoms with E-state index in [-0.39, 0.29) is 24.3 Å². The number of ether oxygens (including phenoxy) is 1. The number of hydrogen-bond acceptors (Lipinski definition) is 6. The van der Waals surface area contributed by atoms with Gasteiger partial charge in [0, 0.05) is 6.54 Å². The minimum Gasteiger partial charge on any atom is -0.481 e. The maximum absolute atomic E-state index is 13.9. The van der Waals surface area contributed by atoms with Crippen LogP contribution in [0, 0.1) is 5.82 Å². The summed E-state index contributed by atoms with van der Waals surface area (Å²) in [4.78, 5) is 30.2. The van der Waals surface area contributed by atoms with Gasteiger partial charge in [-0.15, -0.1) is 0 Å². The lowest BCUT2D eigenvalue weighted by Crippen LogP contribution is -2.59. The Kier molecular flexibility index (Phi) is 8.95. The van der Waals surface area contributed by atoms with Gasteiger partial charge in [-0.2, -0.15) is 4.31 Å². The molecule has 1 aliphatic carbocycles. The van der Waals surface area contributed by atoms with E-state index >= 15 is 0 Å². The molecule has 0 spiro atoms. The molecule has 3 aromatic carbocycles. The van der Waals surface area contributed by atoms with Gasteiger partial charge in [-0.3, -0.25) is 14.4 Å². The third-order valence-electron chi connectivity index (χ3n) is 6.57. The average Bonchev–Trinajstić information content (AvgIpc) is 3.41. The van der Waals surface area contributed by atoms with E-state index in [1.165, 1.54) is 48.5 Å². The van der Waals surface area contributed by atoms with Crippen LogP contribution in [0.3, 0.4) is 0 Å². The van der Waals surface area contributed by atoms with E-state index in [0.717, 1.165) is 9.87 Å². The van der Waals surface area contributed by atoms with Crippen molar-refractivity contribution in [2.75, 3.05) is 6.54 Å². The van der Waals surface area contributed by atoms with Crippen LogP contribution in [0.5, 0.6) is 11.5 Å². The van der Waals surface area contributed by atoms with Crippen molar-refractivity contribution >= 4 is 21.9 Å². The number of halogens is 1. The Morgan fingerprint density at radius 1 is 0.923 bits per heavy atom. The van der Waals surface area contributed by atoms with Crippen molar-refractivity contribution in [3.8, 4) is 11.5 Å². The Morgan fingerprint density at radius 2 is 1.51 bits per heavy atom. The third kappa shape index (κ3) is 6.80. The summed E-state index contributed by atoms with van der Waals surface area (Å²) in [6.07, 6.45) is 1.15. The standard InChI is InChI=1S/C28H29FN2O7S/c29-22-8-10-23(11-9-22)38-24-12-14-25(15-13-24)39(35,36)31(19-16-26(32)33)28(17-4-5-18-28)27(34)30-37-20-21-6-2-1-3-7-21/h1-3,6-15H,4-5,16-20H2,(H,30,34)(H,32,33). The number of carbonyl (C=O) groups is 2. The molecule has 11 heteroatoms. The molecular weight excluding hydrogens is 527 g/mol. The normalized spacial score (nSPS) is 14.7. The Morgan fingerprint density at radius 3 is 2.10 bits per heavy atom. The molecule has 1 saturated carbocycles. The van der Waals surface area contributed by atoms with E-state index in [1.54, 1.807) is 0 Å². The summed E-state index contributed by atoms with van der Waals surface area (Å²) >= 11 is 0. The van der Waals surface area contributed by atoms with E-state index in [1.807, 2.05) is 30.3 Å². The first-order valence-electron chi connectivity index (χ1n) is 12.4. The minimum atomic E-state index is -4.31. The van der Waals surface area contributed by atoms with Crippen LogP contribution in [0.25, 0.3) is 0 Å². The second-order valence-corrected chi connectivity index (χ2v) is 11.1. The van der Waals surface area contributed by atoms with Crippen molar-refractivity contribution in [1.82, 2.24) is 9.79 Å². The summed E-state index contributed by atoms with van der Waals surface area (Å²) in [6.45, 7) is -0.308. The number of aliphatic carboxylic acids is 1. The molecule has 0 radical (unpaired) electrons. The van der Waals surface area contributed by atoms with E-state index in [4.69, 9.17) is 9.57 Å². The molecule has 4 rings (SSSR count). The Balaban J connectivity index is 1.57. The van der Waals surface area contributed by atoms with E-state index in [2.05, 4.69) is 5.48 Å². The molecule has 206 valence electrons. The minimum absolute atomic E-state index is 0.0834. The molecular formula is C28H29FN2O7S. The smallest absolute Gasteiger partial charge is 0.304 e. The van der Waals surface area contributed by atoms with Crippen LogP contribution in [0.2, 0.25) is 0 Å². The van der Waals surface area contributed by atoms with Crippen LogP contribution >= 0.6 is 0 Å². The quantitative estimate of drug-likeness (QED) is 0.312. The number of hydroxylamine groups is 1. The SMILES string of the molecule is O=C(O)CCN(C1(C(=O)NOCc2ccccc2)CCCC1)S(=O)(=O)c1ccc(Oc2ccc(F)cc2)cc1. The van der Waals surface area contributed by atoms with Gasteiger partial charge in [0.25, 0.3) is 5.91 Å². The molecule has 1 amide bonds. The third-order valence-corrected chi connectivity index (χ3v) is 8.55. The van der Waals surface area contributed by atoms with Crippen molar-refractivity contribution in [3.05, 3.63) is 90.2 Å². The van der Waals surface area contributed by atoms with Crippen LogP contribution in [0.15, 0.2) is 83.8 Å². The molecule has 0 aromatic heterocycles. The topological polar surface area (TPSA) is 122 Å². The summed E-state index contributed by atoms with van der Waals surface area (Å²) in [5.74, 6) is -1.55. The lowest BCUT2D eigenvalue weighted by molar-refractivity contribution is -0.146. The van der Waals surface area contributed by atoms with Crippen LogP contribution in [0.1, 0.15) is 37.7 Å². The molecule has 0 aliphatic heterocycles. The van der Waals surface area contributed by atoms with Crippen molar-refractivity contribution in [1.29, 1.82) is 0 Å². The highest BCUT2D eigenvalue weighted by Crippen LogP contribution is 2.39. The maximum atomic E-state index is 13.9. The van der Waals surface area contributed by atoms with Crippen molar-refractivity contribution in [2.45, 2.75) is 49.1 Å². The van der Waals surface area contributed by atoms with Gasteiger partial charge in [-0.05, 0) is 66.9 Å². The van der Waals surface area contributed by atoms with Crippen LogP contribution in [-0.4, -0.2) is 41.8 Å². The van der Waals surface area contributed by atoms with Gasteiger partial charge in [0.2, 0.25) is 10.0 Å². The maximum Gasteiger partial charge on any atom is 0.304 e. The number of benzene rings is 3. The highest BCUT2D eigenvalue weighted by molar-refractivity contribution is 7.89. The number of nitrogens with one attached hydrogen (secondary N) is 1. The highest BCUT2D eigenvalue weighted by Gasteiger charge is 2.51. The fourth-order valence-corrected chi connectivity index (χ4v) is 6.40. The molecule has 0 atom stereocenters. The van der Waals surface area contributed by atoms with Crippen LogP contribution in [-0.2, 0) is 31.1 Å². The van der Waals surface area contributed by atoms with Gasteiger partial charge in [0.05, 0.1) is 17.9 Å². The molecule has 2 N–H and O–H groups in total. The second-order valence-electron chi connectivity index (χ2n) is 9.19.